The number of hydrogen-bond donors (Lipinski definition) is 0. The lowest BCUT2D eigenvalue weighted by Crippen LogP contribution is -2.01. The van der Waals surface area contributed by atoms with Crippen molar-refractivity contribution in [3.8, 4) is 0 Å². The summed E-state index contributed by atoms with van der Waals surface area (Å²) in [5.74, 6) is 0.766. The van der Waals surface area contributed by atoms with E-state index in [1.807, 2.05) is 0 Å². The molecule has 0 atom stereocenters. The zero-order valence-corrected chi connectivity index (χ0v) is 7.46. The van der Waals surface area contributed by atoms with Crippen LogP contribution in [0, 0.1) is 5.92 Å². The molecule has 0 bridgehead atoms. The van der Waals surface area contributed by atoms with Gasteiger partial charge in [-0.05, 0) is 24.8 Å². The van der Waals surface area contributed by atoms with Gasteiger partial charge in [-0.1, -0.05) is 23.4 Å². The Hall–Kier alpha value is -0.830. The van der Waals surface area contributed by atoms with E-state index in [4.69, 9.17) is 11.6 Å². The Bertz CT molecular complexity index is 301. The van der Waals surface area contributed by atoms with Gasteiger partial charge in [0.05, 0.1) is 0 Å². The molecule has 0 amide bonds. The van der Waals surface area contributed by atoms with Gasteiger partial charge in [-0.25, -0.2) is 4.68 Å². The number of hydrogen-bond acceptors (Lipinski definition) is 2. The Kier molecular flexibility index (Phi) is 1.89. The maximum Gasteiger partial charge on any atom is 0.154 e. The van der Waals surface area contributed by atoms with Crippen LogP contribution in [0.5, 0.6) is 0 Å². The molecule has 3 nitrogen and oxygen atoms in total. The first-order valence-electron chi connectivity index (χ1n) is 4.02. The summed E-state index contributed by atoms with van der Waals surface area (Å²) in [6.07, 6.45) is 4.21. The first kappa shape index (κ1) is 7.80. The molecule has 12 heavy (non-hydrogen) atoms. The molecule has 1 fully saturated rings. The van der Waals surface area contributed by atoms with Crippen LogP contribution in [0.1, 0.15) is 18.5 Å². The number of nitrogens with zero attached hydrogens (tertiary/aromatic N) is 3. The van der Waals surface area contributed by atoms with Crippen LogP contribution in [-0.2, 0) is 6.54 Å². The molecular weight excluding hydrogens is 174 g/mol. The summed E-state index contributed by atoms with van der Waals surface area (Å²) in [6, 6.07) is 0. The van der Waals surface area contributed by atoms with Gasteiger partial charge in [0.25, 0.3) is 0 Å². The first-order valence-corrected chi connectivity index (χ1v) is 4.40. The summed E-state index contributed by atoms with van der Waals surface area (Å²) in [6.45, 7) is 4.50. The summed E-state index contributed by atoms with van der Waals surface area (Å²) in [7, 11) is 0. The summed E-state index contributed by atoms with van der Waals surface area (Å²) in [5.41, 5.74) is 0.678. The van der Waals surface area contributed by atoms with Crippen LogP contribution in [0.25, 0.3) is 6.08 Å². The Labute approximate surface area is 76.0 Å². The van der Waals surface area contributed by atoms with Crippen molar-refractivity contribution in [3.05, 3.63) is 17.4 Å². The number of rotatable bonds is 3. The predicted octanol–water partition coefficient (Wildman–Crippen LogP) is 1.98. The fourth-order valence-corrected chi connectivity index (χ4v) is 1.32. The molecule has 64 valence electrons. The molecule has 1 saturated carbocycles. The van der Waals surface area contributed by atoms with Crippen LogP contribution in [0.15, 0.2) is 6.58 Å². The van der Waals surface area contributed by atoms with Gasteiger partial charge in [0.2, 0.25) is 0 Å². The molecule has 1 aliphatic rings. The monoisotopic (exact) mass is 183 g/mol. The molecular formula is C8H10ClN3. The Balaban J connectivity index is 2.18. The van der Waals surface area contributed by atoms with E-state index < -0.39 is 0 Å². The van der Waals surface area contributed by atoms with Gasteiger partial charge in [0.1, 0.15) is 5.69 Å². The van der Waals surface area contributed by atoms with Crippen molar-refractivity contribution in [3.63, 3.8) is 0 Å². The topological polar surface area (TPSA) is 30.7 Å². The van der Waals surface area contributed by atoms with E-state index in [1.165, 1.54) is 12.8 Å². The highest BCUT2D eigenvalue weighted by atomic mass is 35.5. The third kappa shape index (κ3) is 1.37. The lowest BCUT2D eigenvalue weighted by Gasteiger charge is -1.97. The highest BCUT2D eigenvalue weighted by Gasteiger charge is 2.23. The molecule has 0 N–H and O–H groups in total. The van der Waals surface area contributed by atoms with Crippen LogP contribution in [0.4, 0.5) is 0 Å². The van der Waals surface area contributed by atoms with Gasteiger partial charge in [-0.3, -0.25) is 0 Å². The molecule has 0 saturated heterocycles. The van der Waals surface area contributed by atoms with E-state index in [2.05, 4.69) is 16.9 Å². The lowest BCUT2D eigenvalue weighted by atomic mass is 10.4. The van der Waals surface area contributed by atoms with Crippen molar-refractivity contribution >= 4 is 17.7 Å². The molecule has 1 aromatic rings. The molecule has 0 unspecified atom stereocenters. The second-order valence-corrected chi connectivity index (χ2v) is 3.45. The Morgan fingerprint density at radius 3 is 2.92 bits per heavy atom. The Morgan fingerprint density at radius 1 is 1.67 bits per heavy atom. The summed E-state index contributed by atoms with van der Waals surface area (Å²) in [5, 5.41) is 8.42. The number of halogens is 1. The standard InChI is InChI=1S/C8H10ClN3/c1-2-7-8(9)12(11-10-7)5-6-3-4-6/h2,6H,1,3-5H2. The summed E-state index contributed by atoms with van der Waals surface area (Å²) < 4.78 is 1.75. The molecule has 0 aromatic carbocycles. The van der Waals surface area contributed by atoms with Crippen molar-refractivity contribution in [1.82, 2.24) is 15.0 Å². The third-order valence-electron chi connectivity index (χ3n) is 2.02. The maximum absolute atomic E-state index is 5.96. The highest BCUT2D eigenvalue weighted by molar-refractivity contribution is 6.30. The average molecular weight is 184 g/mol. The van der Waals surface area contributed by atoms with Gasteiger partial charge in [0.15, 0.2) is 5.15 Å². The molecule has 0 radical (unpaired) electrons. The third-order valence-corrected chi connectivity index (χ3v) is 2.41. The minimum atomic E-state index is 0.608. The smallest absolute Gasteiger partial charge is 0.154 e. The van der Waals surface area contributed by atoms with E-state index in [-0.39, 0.29) is 0 Å². The minimum absolute atomic E-state index is 0.608. The van der Waals surface area contributed by atoms with Crippen molar-refractivity contribution in [2.24, 2.45) is 5.92 Å². The zero-order chi connectivity index (χ0) is 8.55. The number of aromatic nitrogens is 3. The quantitative estimate of drug-likeness (QED) is 0.718. The lowest BCUT2D eigenvalue weighted by molar-refractivity contribution is 0.544. The molecule has 0 spiro atoms. The predicted molar refractivity (Wildman–Crippen MR) is 47.8 cm³/mol. The molecule has 4 heteroatoms. The highest BCUT2D eigenvalue weighted by Crippen LogP contribution is 2.31. The van der Waals surface area contributed by atoms with E-state index >= 15 is 0 Å². The Morgan fingerprint density at radius 2 is 2.42 bits per heavy atom. The molecule has 1 aliphatic carbocycles. The van der Waals surface area contributed by atoms with Crippen LogP contribution in [-0.4, -0.2) is 15.0 Å². The minimum Gasteiger partial charge on any atom is -0.233 e. The first-order chi connectivity index (χ1) is 5.81. The van der Waals surface area contributed by atoms with Crippen LogP contribution in [0.2, 0.25) is 5.15 Å². The van der Waals surface area contributed by atoms with Gasteiger partial charge >= 0.3 is 0 Å². The van der Waals surface area contributed by atoms with Crippen LogP contribution < -0.4 is 0 Å². The second kappa shape index (κ2) is 2.90. The van der Waals surface area contributed by atoms with Gasteiger partial charge < -0.3 is 0 Å². The van der Waals surface area contributed by atoms with Gasteiger partial charge in [0, 0.05) is 6.54 Å². The largest absolute Gasteiger partial charge is 0.233 e. The van der Waals surface area contributed by atoms with Gasteiger partial charge in [-0.2, -0.15) is 0 Å². The zero-order valence-electron chi connectivity index (χ0n) is 6.70. The van der Waals surface area contributed by atoms with Gasteiger partial charge in [-0.15, -0.1) is 5.10 Å². The molecule has 1 heterocycles. The maximum atomic E-state index is 5.96. The van der Waals surface area contributed by atoms with Crippen molar-refractivity contribution in [2.45, 2.75) is 19.4 Å². The molecule has 2 rings (SSSR count). The summed E-state index contributed by atoms with van der Waals surface area (Å²) in [4.78, 5) is 0. The van der Waals surface area contributed by atoms with Crippen molar-refractivity contribution in [2.75, 3.05) is 0 Å². The average Bonchev–Trinajstić information content (AvgIpc) is 2.80. The van der Waals surface area contributed by atoms with E-state index in [0.29, 0.717) is 10.8 Å². The van der Waals surface area contributed by atoms with E-state index in [1.54, 1.807) is 10.8 Å². The molecule has 1 aromatic heterocycles. The van der Waals surface area contributed by atoms with Crippen molar-refractivity contribution in [1.29, 1.82) is 0 Å². The van der Waals surface area contributed by atoms with E-state index in [9.17, 15) is 0 Å². The second-order valence-electron chi connectivity index (χ2n) is 3.10. The van der Waals surface area contributed by atoms with Crippen LogP contribution in [0.3, 0.4) is 0 Å². The van der Waals surface area contributed by atoms with Crippen LogP contribution >= 0.6 is 11.6 Å². The van der Waals surface area contributed by atoms with E-state index in [0.717, 1.165) is 12.5 Å². The fourth-order valence-electron chi connectivity index (χ4n) is 1.10. The fraction of sp³-hybridized carbons (Fsp3) is 0.500. The summed E-state index contributed by atoms with van der Waals surface area (Å²) >= 11 is 5.96. The van der Waals surface area contributed by atoms with Crippen molar-refractivity contribution < 1.29 is 0 Å². The SMILES string of the molecule is C=Cc1nnn(CC2CC2)c1Cl. The molecule has 0 aliphatic heterocycles. The normalized spacial score (nSPS) is 16.4.